The highest BCUT2D eigenvalue weighted by Crippen LogP contribution is 2.45. The van der Waals surface area contributed by atoms with Crippen molar-refractivity contribution in [3.8, 4) is 22.5 Å². The maximum Gasteiger partial charge on any atom is 0.239 e. The Kier molecular flexibility index (Phi) is 5.94. The van der Waals surface area contributed by atoms with Crippen LogP contribution in [-0.4, -0.2) is 26.8 Å². The zero-order valence-electron chi connectivity index (χ0n) is 16.0. The number of hydrogen-bond acceptors (Lipinski definition) is 6. The molecule has 32 heavy (non-hydrogen) atoms. The highest BCUT2D eigenvalue weighted by atomic mass is 79.9. The molecule has 0 aliphatic heterocycles. The van der Waals surface area contributed by atoms with Gasteiger partial charge in [0.15, 0.2) is 0 Å². The fourth-order valence-electron chi connectivity index (χ4n) is 3.55. The normalized spacial score (nSPS) is 12.2. The first-order valence-electron chi connectivity index (χ1n) is 8.88. The van der Waals surface area contributed by atoms with Crippen molar-refractivity contribution in [2.45, 2.75) is 9.79 Å². The SMILES string of the molecule is NS(=O)(=O)c1c(-c2cccc(Br)n2)c(S(N)(=O)=O)c2ccccc2c1-c1cccc(Br)n1. The van der Waals surface area contributed by atoms with E-state index in [4.69, 9.17) is 10.3 Å². The number of sulfonamides is 2. The quantitative estimate of drug-likeness (QED) is 0.342. The summed E-state index contributed by atoms with van der Waals surface area (Å²) in [6.45, 7) is 0. The van der Waals surface area contributed by atoms with Crippen molar-refractivity contribution < 1.29 is 16.8 Å². The molecule has 0 aliphatic carbocycles. The molecule has 8 nitrogen and oxygen atoms in total. The van der Waals surface area contributed by atoms with Crippen LogP contribution in [0.25, 0.3) is 33.3 Å². The van der Waals surface area contributed by atoms with E-state index in [1.54, 1.807) is 54.6 Å². The molecule has 0 aliphatic rings. The minimum atomic E-state index is -4.49. The summed E-state index contributed by atoms with van der Waals surface area (Å²) >= 11 is 6.53. The third-order valence-corrected chi connectivity index (χ3v) is 7.49. The van der Waals surface area contributed by atoms with Crippen molar-refractivity contribution in [1.82, 2.24) is 9.97 Å². The van der Waals surface area contributed by atoms with Gasteiger partial charge in [0.2, 0.25) is 20.0 Å². The van der Waals surface area contributed by atoms with Crippen molar-refractivity contribution in [2.75, 3.05) is 0 Å². The Balaban J connectivity index is 2.40. The Labute approximate surface area is 201 Å². The summed E-state index contributed by atoms with van der Waals surface area (Å²) in [5, 5.41) is 11.8. The minimum Gasteiger partial charge on any atom is -0.241 e. The van der Waals surface area contributed by atoms with Gasteiger partial charge in [-0.1, -0.05) is 36.4 Å². The van der Waals surface area contributed by atoms with Gasteiger partial charge in [-0.2, -0.15) is 0 Å². The molecule has 0 radical (unpaired) electrons. The Morgan fingerprint density at radius 2 is 1.06 bits per heavy atom. The summed E-state index contributed by atoms with van der Waals surface area (Å²) in [4.78, 5) is 7.87. The first kappa shape index (κ1) is 23.0. The van der Waals surface area contributed by atoms with E-state index in [9.17, 15) is 16.8 Å². The fourth-order valence-corrected chi connectivity index (χ4v) is 6.26. The highest BCUT2D eigenvalue weighted by molar-refractivity contribution is 9.10. The lowest BCUT2D eigenvalue weighted by Gasteiger charge is -2.20. The topological polar surface area (TPSA) is 146 Å². The summed E-state index contributed by atoms with van der Waals surface area (Å²) in [6.07, 6.45) is 0. The molecule has 0 fully saturated rings. The maximum atomic E-state index is 13.0. The molecule has 0 saturated carbocycles. The number of primary sulfonamides is 2. The smallest absolute Gasteiger partial charge is 0.239 e. The van der Waals surface area contributed by atoms with Crippen LogP contribution in [0, 0.1) is 0 Å². The molecule has 2 aromatic heterocycles. The Morgan fingerprint density at radius 3 is 1.53 bits per heavy atom. The van der Waals surface area contributed by atoms with Crippen LogP contribution in [0.2, 0.25) is 0 Å². The average molecular weight is 598 g/mol. The third kappa shape index (κ3) is 4.21. The van der Waals surface area contributed by atoms with Gasteiger partial charge in [0, 0.05) is 16.5 Å². The number of pyridine rings is 2. The molecular formula is C20H14Br2N4O4S2. The third-order valence-electron chi connectivity index (χ3n) is 4.63. The van der Waals surface area contributed by atoms with E-state index < -0.39 is 24.9 Å². The standard InChI is InChI=1S/C20H14Br2N4O4S2/c21-15-9-3-7-13(25-15)17-11-5-1-2-6-12(11)19(31(23,27)28)18(20(17)32(24,29)30)14-8-4-10-16(22)26-14/h1-10H,(H2,23,27,28)(H2,24,29,30). The molecule has 0 amide bonds. The van der Waals surface area contributed by atoms with E-state index in [0.29, 0.717) is 14.6 Å². The van der Waals surface area contributed by atoms with Crippen LogP contribution in [0.5, 0.6) is 0 Å². The molecule has 0 saturated heterocycles. The molecule has 0 unspecified atom stereocenters. The van der Waals surface area contributed by atoms with Crippen LogP contribution >= 0.6 is 31.9 Å². The Morgan fingerprint density at radius 1 is 0.594 bits per heavy atom. The number of benzene rings is 2. The fraction of sp³-hybridized carbons (Fsp3) is 0. The zero-order valence-corrected chi connectivity index (χ0v) is 20.8. The first-order valence-corrected chi connectivity index (χ1v) is 13.6. The predicted octanol–water partition coefficient (Wildman–Crippen LogP) is 3.78. The minimum absolute atomic E-state index is 0.0643. The summed E-state index contributed by atoms with van der Waals surface area (Å²) in [6, 6.07) is 16.1. The Bertz CT molecular complexity index is 1610. The second-order valence-corrected chi connectivity index (χ2v) is 11.4. The number of fused-ring (bicyclic) bond motifs is 1. The molecular weight excluding hydrogens is 584 g/mol. The molecule has 2 aromatic carbocycles. The Hall–Kier alpha value is -2.22. The summed E-state index contributed by atoms with van der Waals surface area (Å²) in [7, 11) is -8.91. The number of hydrogen-bond donors (Lipinski definition) is 2. The van der Waals surface area contributed by atoms with E-state index in [2.05, 4.69) is 41.8 Å². The van der Waals surface area contributed by atoms with E-state index in [-0.39, 0.29) is 32.8 Å². The van der Waals surface area contributed by atoms with Crippen LogP contribution < -0.4 is 10.3 Å². The second kappa shape index (κ2) is 8.28. The lowest BCUT2D eigenvalue weighted by molar-refractivity contribution is 0.597. The molecule has 0 atom stereocenters. The van der Waals surface area contributed by atoms with E-state index >= 15 is 0 Å². The summed E-state index contributed by atoms with van der Waals surface area (Å²) in [5.74, 6) is 0. The van der Waals surface area contributed by atoms with Gasteiger partial charge in [-0.25, -0.2) is 37.1 Å². The van der Waals surface area contributed by atoms with Gasteiger partial charge >= 0.3 is 0 Å². The molecule has 4 rings (SSSR count). The van der Waals surface area contributed by atoms with E-state index in [0.717, 1.165) is 0 Å². The van der Waals surface area contributed by atoms with Crippen LogP contribution in [0.3, 0.4) is 0 Å². The van der Waals surface area contributed by atoms with Crippen molar-refractivity contribution in [3.05, 3.63) is 69.9 Å². The van der Waals surface area contributed by atoms with E-state index in [1.165, 1.54) is 6.07 Å². The number of aromatic nitrogens is 2. The first-order chi connectivity index (χ1) is 15.0. The van der Waals surface area contributed by atoms with Crippen molar-refractivity contribution in [3.63, 3.8) is 0 Å². The van der Waals surface area contributed by atoms with Crippen LogP contribution in [-0.2, 0) is 20.0 Å². The van der Waals surface area contributed by atoms with Gasteiger partial charge in [-0.3, -0.25) is 0 Å². The van der Waals surface area contributed by atoms with Crippen molar-refractivity contribution >= 4 is 62.7 Å². The van der Waals surface area contributed by atoms with Crippen molar-refractivity contribution in [2.24, 2.45) is 10.3 Å². The lowest BCUT2D eigenvalue weighted by atomic mass is 9.96. The van der Waals surface area contributed by atoms with Gasteiger partial charge in [0.05, 0.1) is 11.4 Å². The average Bonchev–Trinajstić information content (AvgIpc) is 2.70. The molecule has 4 aromatic rings. The molecule has 4 N–H and O–H groups in total. The van der Waals surface area contributed by atoms with Crippen LogP contribution in [0.1, 0.15) is 0 Å². The van der Waals surface area contributed by atoms with Gasteiger partial charge in [0.1, 0.15) is 19.0 Å². The largest absolute Gasteiger partial charge is 0.241 e. The predicted molar refractivity (Wildman–Crippen MR) is 129 cm³/mol. The van der Waals surface area contributed by atoms with Crippen molar-refractivity contribution in [1.29, 1.82) is 0 Å². The molecule has 0 bridgehead atoms. The van der Waals surface area contributed by atoms with Gasteiger partial charge < -0.3 is 0 Å². The lowest BCUT2D eigenvalue weighted by Crippen LogP contribution is -2.20. The molecule has 164 valence electrons. The van der Waals surface area contributed by atoms with Crippen LogP contribution in [0.15, 0.2) is 79.7 Å². The second-order valence-electron chi connectivity index (χ2n) is 6.73. The number of rotatable bonds is 4. The summed E-state index contributed by atoms with van der Waals surface area (Å²) < 4.78 is 52.3. The zero-order chi connectivity index (χ0) is 23.3. The van der Waals surface area contributed by atoms with Gasteiger partial charge in [-0.05, 0) is 61.5 Å². The number of nitrogens with two attached hydrogens (primary N) is 2. The summed E-state index contributed by atoms with van der Waals surface area (Å²) in [5.41, 5.74) is 0.270. The number of halogens is 2. The van der Waals surface area contributed by atoms with Gasteiger partial charge in [0.25, 0.3) is 0 Å². The molecule has 12 heteroatoms. The van der Waals surface area contributed by atoms with Crippen LogP contribution in [0.4, 0.5) is 0 Å². The van der Waals surface area contributed by atoms with Gasteiger partial charge in [-0.15, -0.1) is 0 Å². The van der Waals surface area contributed by atoms with E-state index in [1.807, 2.05) is 0 Å². The maximum absolute atomic E-state index is 13.0. The highest BCUT2D eigenvalue weighted by Gasteiger charge is 2.32. The number of nitrogens with zero attached hydrogens (tertiary/aromatic N) is 2. The monoisotopic (exact) mass is 596 g/mol. The molecule has 0 spiro atoms. The molecule has 2 heterocycles.